The number of nitrogens with zero attached hydrogens (tertiary/aromatic N) is 1. The van der Waals surface area contributed by atoms with E-state index in [-0.39, 0.29) is 0 Å². The maximum Gasteiger partial charge on any atom is 0.203 e. The molecule has 1 fully saturated rings. The first kappa shape index (κ1) is 13.5. The van der Waals surface area contributed by atoms with Gasteiger partial charge in [0.25, 0.3) is 0 Å². The molecule has 0 unspecified atom stereocenters. The molecule has 1 heterocycles. The van der Waals surface area contributed by atoms with Gasteiger partial charge in [-0.15, -0.1) is 0 Å². The third kappa shape index (κ3) is 2.75. The van der Waals surface area contributed by atoms with Crippen LogP contribution in [0.5, 0.6) is 17.2 Å². The molecule has 1 aromatic rings. The van der Waals surface area contributed by atoms with E-state index in [0.717, 1.165) is 18.8 Å². The van der Waals surface area contributed by atoms with Gasteiger partial charge in [-0.3, -0.25) is 4.79 Å². The first-order chi connectivity index (χ1) is 9.19. The molecule has 0 aliphatic carbocycles. The molecule has 5 nitrogen and oxygen atoms in total. The molecule has 0 spiro atoms. The van der Waals surface area contributed by atoms with Crippen molar-refractivity contribution < 1.29 is 19.0 Å². The molecule has 104 valence electrons. The van der Waals surface area contributed by atoms with Crippen LogP contribution in [0.3, 0.4) is 0 Å². The summed E-state index contributed by atoms with van der Waals surface area (Å²) in [6.07, 6.45) is 1.19. The Morgan fingerprint density at radius 3 is 1.89 bits per heavy atom. The molecule has 0 atom stereocenters. The number of carbonyl (C=O) groups is 1. The van der Waals surface area contributed by atoms with Gasteiger partial charge in [-0.2, -0.15) is 0 Å². The van der Waals surface area contributed by atoms with E-state index in [9.17, 15) is 4.79 Å². The van der Waals surface area contributed by atoms with E-state index in [0.29, 0.717) is 35.9 Å². The van der Waals surface area contributed by atoms with Crippen molar-refractivity contribution in [3.8, 4) is 17.2 Å². The average molecular weight is 265 g/mol. The first-order valence-corrected chi connectivity index (χ1v) is 6.26. The highest BCUT2D eigenvalue weighted by atomic mass is 16.5. The number of rotatable bonds is 4. The summed E-state index contributed by atoms with van der Waals surface area (Å²) in [5.41, 5.74) is 0.988. The van der Waals surface area contributed by atoms with Gasteiger partial charge in [0.1, 0.15) is 5.78 Å². The molecule has 2 rings (SSSR count). The molecule has 0 radical (unpaired) electrons. The van der Waals surface area contributed by atoms with Crippen LogP contribution < -0.4 is 19.1 Å². The zero-order valence-electron chi connectivity index (χ0n) is 11.6. The summed E-state index contributed by atoms with van der Waals surface area (Å²) in [5.74, 6) is 2.17. The van der Waals surface area contributed by atoms with Gasteiger partial charge >= 0.3 is 0 Å². The standard InChI is InChI=1S/C14H19NO4/c1-17-12-8-10(9-13(18-2)14(12)19-3)15-6-4-11(16)5-7-15/h8-9H,4-7H2,1-3H3. The molecule has 1 aliphatic heterocycles. The van der Waals surface area contributed by atoms with Gasteiger partial charge in [0.2, 0.25) is 5.75 Å². The van der Waals surface area contributed by atoms with E-state index < -0.39 is 0 Å². The fourth-order valence-electron chi connectivity index (χ4n) is 2.26. The Morgan fingerprint density at radius 1 is 0.947 bits per heavy atom. The smallest absolute Gasteiger partial charge is 0.203 e. The fraction of sp³-hybridized carbons (Fsp3) is 0.500. The number of ether oxygens (including phenoxy) is 3. The maximum absolute atomic E-state index is 11.3. The second-order valence-electron chi connectivity index (χ2n) is 4.41. The lowest BCUT2D eigenvalue weighted by atomic mass is 10.1. The summed E-state index contributed by atoms with van der Waals surface area (Å²) in [6.45, 7) is 1.47. The number of ketones is 1. The Labute approximate surface area is 113 Å². The molecule has 0 amide bonds. The van der Waals surface area contributed by atoms with E-state index in [4.69, 9.17) is 14.2 Å². The molecule has 1 saturated heterocycles. The van der Waals surface area contributed by atoms with E-state index >= 15 is 0 Å². The zero-order chi connectivity index (χ0) is 13.8. The Morgan fingerprint density at radius 2 is 1.47 bits per heavy atom. The van der Waals surface area contributed by atoms with Gasteiger partial charge in [0, 0.05) is 43.8 Å². The maximum atomic E-state index is 11.3. The monoisotopic (exact) mass is 265 g/mol. The molecular weight excluding hydrogens is 246 g/mol. The second kappa shape index (κ2) is 5.82. The highest BCUT2D eigenvalue weighted by Gasteiger charge is 2.20. The number of Topliss-reactive ketones (excluding diaryl/α,β-unsaturated/α-hetero) is 1. The number of carbonyl (C=O) groups excluding carboxylic acids is 1. The van der Waals surface area contributed by atoms with Crippen LogP contribution in [-0.2, 0) is 4.79 Å². The Hall–Kier alpha value is -1.91. The van der Waals surface area contributed by atoms with E-state index in [1.54, 1.807) is 21.3 Å². The van der Waals surface area contributed by atoms with Crippen LogP contribution in [-0.4, -0.2) is 40.2 Å². The summed E-state index contributed by atoms with van der Waals surface area (Å²) >= 11 is 0. The predicted octanol–water partition coefficient (Wildman–Crippen LogP) is 1.88. The van der Waals surface area contributed by atoms with Crippen molar-refractivity contribution >= 4 is 11.5 Å². The number of piperidine rings is 1. The molecular formula is C14H19NO4. The van der Waals surface area contributed by atoms with Crippen LogP contribution in [0.1, 0.15) is 12.8 Å². The summed E-state index contributed by atoms with van der Waals surface area (Å²) in [4.78, 5) is 13.4. The molecule has 0 N–H and O–H groups in total. The predicted molar refractivity (Wildman–Crippen MR) is 72.6 cm³/mol. The van der Waals surface area contributed by atoms with Crippen LogP contribution >= 0.6 is 0 Å². The van der Waals surface area contributed by atoms with Crippen molar-refractivity contribution in [3.05, 3.63) is 12.1 Å². The molecule has 5 heteroatoms. The second-order valence-corrected chi connectivity index (χ2v) is 4.41. The molecule has 1 aromatic carbocycles. The fourth-order valence-corrected chi connectivity index (χ4v) is 2.26. The van der Waals surface area contributed by atoms with Gasteiger partial charge < -0.3 is 19.1 Å². The van der Waals surface area contributed by atoms with Crippen molar-refractivity contribution in [2.75, 3.05) is 39.3 Å². The number of benzene rings is 1. The van der Waals surface area contributed by atoms with Crippen LogP contribution in [0.25, 0.3) is 0 Å². The quantitative estimate of drug-likeness (QED) is 0.832. The Balaban J connectivity index is 2.33. The largest absolute Gasteiger partial charge is 0.493 e. The van der Waals surface area contributed by atoms with Crippen molar-refractivity contribution in [1.29, 1.82) is 0 Å². The van der Waals surface area contributed by atoms with Gasteiger partial charge in [-0.1, -0.05) is 0 Å². The van der Waals surface area contributed by atoms with Crippen molar-refractivity contribution in [2.45, 2.75) is 12.8 Å². The van der Waals surface area contributed by atoms with Gasteiger partial charge in [0.15, 0.2) is 11.5 Å². The average Bonchev–Trinajstić information content (AvgIpc) is 2.46. The highest BCUT2D eigenvalue weighted by Crippen LogP contribution is 2.41. The van der Waals surface area contributed by atoms with E-state index in [1.165, 1.54) is 0 Å². The minimum absolute atomic E-state index is 0.323. The van der Waals surface area contributed by atoms with Gasteiger partial charge in [-0.05, 0) is 0 Å². The van der Waals surface area contributed by atoms with E-state index in [2.05, 4.69) is 4.90 Å². The molecule has 0 aromatic heterocycles. The summed E-state index contributed by atoms with van der Waals surface area (Å²) in [7, 11) is 4.78. The van der Waals surface area contributed by atoms with Gasteiger partial charge in [-0.25, -0.2) is 0 Å². The topological polar surface area (TPSA) is 48.0 Å². The number of methoxy groups -OCH3 is 3. The molecule has 19 heavy (non-hydrogen) atoms. The van der Waals surface area contributed by atoms with Crippen LogP contribution in [0, 0.1) is 0 Å². The van der Waals surface area contributed by atoms with Crippen molar-refractivity contribution in [3.63, 3.8) is 0 Å². The normalized spacial score (nSPS) is 15.3. The van der Waals surface area contributed by atoms with Crippen molar-refractivity contribution in [1.82, 2.24) is 0 Å². The number of hydrogen-bond donors (Lipinski definition) is 0. The molecule has 0 bridgehead atoms. The Bertz CT molecular complexity index is 438. The van der Waals surface area contributed by atoms with Crippen LogP contribution in [0.2, 0.25) is 0 Å². The first-order valence-electron chi connectivity index (χ1n) is 6.26. The molecule has 0 saturated carbocycles. The van der Waals surface area contributed by atoms with Crippen LogP contribution in [0.15, 0.2) is 12.1 Å². The van der Waals surface area contributed by atoms with Gasteiger partial charge in [0.05, 0.1) is 21.3 Å². The minimum Gasteiger partial charge on any atom is -0.493 e. The highest BCUT2D eigenvalue weighted by molar-refractivity contribution is 5.81. The third-order valence-corrected chi connectivity index (χ3v) is 3.34. The lowest BCUT2D eigenvalue weighted by molar-refractivity contribution is -0.119. The molecule has 1 aliphatic rings. The summed E-state index contributed by atoms with van der Waals surface area (Å²) < 4.78 is 16.0. The number of hydrogen-bond acceptors (Lipinski definition) is 5. The summed E-state index contributed by atoms with van der Waals surface area (Å²) in [5, 5.41) is 0. The van der Waals surface area contributed by atoms with E-state index in [1.807, 2.05) is 12.1 Å². The summed E-state index contributed by atoms with van der Waals surface area (Å²) in [6, 6.07) is 3.83. The van der Waals surface area contributed by atoms with Crippen molar-refractivity contribution in [2.24, 2.45) is 0 Å². The zero-order valence-corrected chi connectivity index (χ0v) is 11.6. The third-order valence-electron chi connectivity index (χ3n) is 3.34. The number of anilines is 1. The SMILES string of the molecule is COc1cc(N2CCC(=O)CC2)cc(OC)c1OC. The lowest BCUT2D eigenvalue weighted by Gasteiger charge is -2.29. The Kier molecular flexibility index (Phi) is 4.14. The lowest BCUT2D eigenvalue weighted by Crippen LogP contribution is -2.33. The minimum atomic E-state index is 0.323. The van der Waals surface area contributed by atoms with Crippen LogP contribution in [0.4, 0.5) is 5.69 Å².